The minimum absolute atomic E-state index is 0.0559. The van der Waals surface area contributed by atoms with E-state index in [-0.39, 0.29) is 17.9 Å². The van der Waals surface area contributed by atoms with Crippen molar-refractivity contribution in [1.82, 2.24) is 15.1 Å². The van der Waals surface area contributed by atoms with Crippen molar-refractivity contribution in [3.8, 4) is 11.1 Å². The summed E-state index contributed by atoms with van der Waals surface area (Å²) in [4.78, 5) is 26.0. The molecule has 0 bridgehead atoms. The molecule has 5 aromatic rings. The number of ether oxygens (including phenoxy) is 1. The molecule has 1 unspecified atom stereocenters. The Labute approximate surface area is 254 Å². The first-order valence-corrected chi connectivity index (χ1v) is 14.9. The Hall–Kier alpha value is -4.23. The number of halogens is 1. The Morgan fingerprint density at radius 3 is 2.31 bits per heavy atom. The van der Waals surface area contributed by atoms with Crippen LogP contribution in [0.5, 0.6) is 0 Å². The van der Waals surface area contributed by atoms with Crippen LogP contribution in [-0.4, -0.2) is 27.3 Å². The number of carbonyl (C=O) groups is 2. The van der Waals surface area contributed by atoms with Gasteiger partial charge in [0.05, 0.1) is 23.7 Å². The van der Waals surface area contributed by atoms with Gasteiger partial charge < -0.3 is 10.1 Å². The zero-order valence-corrected chi connectivity index (χ0v) is 25.8. The van der Waals surface area contributed by atoms with Crippen molar-refractivity contribution in [3.63, 3.8) is 0 Å². The van der Waals surface area contributed by atoms with E-state index in [0.717, 1.165) is 39.6 Å². The lowest BCUT2D eigenvalue weighted by atomic mass is 9.98. The molecule has 0 aliphatic rings. The van der Waals surface area contributed by atoms with Crippen molar-refractivity contribution >= 4 is 38.7 Å². The van der Waals surface area contributed by atoms with Gasteiger partial charge in [0.1, 0.15) is 10.2 Å². The average Bonchev–Trinajstić information content (AvgIpc) is 3.29. The molecule has 0 radical (unpaired) electrons. The number of nitrogens with one attached hydrogen (secondary N) is 1. The first-order valence-electron chi connectivity index (χ1n) is 14.1. The molecule has 0 saturated carbocycles. The predicted octanol–water partition coefficient (Wildman–Crippen LogP) is 8.35. The van der Waals surface area contributed by atoms with Crippen LogP contribution in [0.1, 0.15) is 72.0 Å². The smallest absolute Gasteiger partial charge is 0.339 e. The number of benzene rings is 4. The third-order valence-electron chi connectivity index (χ3n) is 7.03. The van der Waals surface area contributed by atoms with Crippen LogP contribution in [0, 0.1) is 0 Å². The minimum atomic E-state index is -0.570. The molecule has 1 heterocycles. The highest BCUT2D eigenvalue weighted by atomic mass is 79.9. The molecular formula is C35H34BrN3O3. The number of carbonyl (C=O) groups excluding carboxylic acids is 2. The molecule has 4 aromatic carbocycles. The number of fused-ring (bicyclic) bond motifs is 1. The van der Waals surface area contributed by atoms with Gasteiger partial charge in [-0.25, -0.2) is 4.79 Å². The fourth-order valence-corrected chi connectivity index (χ4v) is 5.47. The van der Waals surface area contributed by atoms with E-state index in [9.17, 15) is 9.59 Å². The van der Waals surface area contributed by atoms with E-state index in [4.69, 9.17) is 9.84 Å². The Bertz CT molecular complexity index is 1720. The van der Waals surface area contributed by atoms with Crippen LogP contribution in [-0.2, 0) is 11.3 Å². The molecule has 1 aromatic heterocycles. The number of hydrogen-bond acceptors (Lipinski definition) is 4. The van der Waals surface area contributed by atoms with Crippen LogP contribution in [0.15, 0.2) is 102 Å². The van der Waals surface area contributed by atoms with Gasteiger partial charge in [-0.15, -0.1) is 0 Å². The van der Waals surface area contributed by atoms with Gasteiger partial charge >= 0.3 is 5.97 Å². The quantitative estimate of drug-likeness (QED) is 0.176. The van der Waals surface area contributed by atoms with Crippen molar-refractivity contribution in [2.75, 3.05) is 0 Å². The van der Waals surface area contributed by atoms with E-state index in [2.05, 4.69) is 28.2 Å². The van der Waals surface area contributed by atoms with Gasteiger partial charge in [-0.1, -0.05) is 79.7 Å². The van der Waals surface area contributed by atoms with E-state index in [1.54, 1.807) is 6.07 Å². The maximum absolute atomic E-state index is 13.1. The summed E-state index contributed by atoms with van der Waals surface area (Å²) in [5.41, 5.74) is 5.38. The van der Waals surface area contributed by atoms with Crippen LogP contribution >= 0.6 is 15.9 Å². The van der Waals surface area contributed by atoms with E-state index < -0.39 is 5.60 Å². The number of rotatable bonds is 8. The summed E-state index contributed by atoms with van der Waals surface area (Å²) >= 11 is 3.59. The minimum Gasteiger partial charge on any atom is -0.456 e. The zero-order valence-electron chi connectivity index (χ0n) is 24.2. The van der Waals surface area contributed by atoms with Crippen molar-refractivity contribution in [2.24, 2.45) is 0 Å². The average molecular weight is 625 g/mol. The van der Waals surface area contributed by atoms with Gasteiger partial charge in [0.15, 0.2) is 0 Å². The normalized spacial score (nSPS) is 12.2. The van der Waals surface area contributed by atoms with Gasteiger partial charge in [0.25, 0.3) is 5.91 Å². The number of nitrogens with zero attached hydrogens (tertiary/aromatic N) is 2. The van der Waals surface area contributed by atoms with E-state index in [1.165, 1.54) is 0 Å². The zero-order chi connectivity index (χ0) is 29.9. The molecule has 0 aliphatic heterocycles. The molecule has 42 heavy (non-hydrogen) atoms. The van der Waals surface area contributed by atoms with Gasteiger partial charge in [-0.2, -0.15) is 5.10 Å². The molecule has 0 saturated heterocycles. The highest BCUT2D eigenvalue weighted by Gasteiger charge is 2.21. The molecule has 5 rings (SSSR count). The Morgan fingerprint density at radius 2 is 1.62 bits per heavy atom. The molecule has 7 heteroatoms. The van der Waals surface area contributed by atoms with E-state index in [1.807, 2.05) is 116 Å². The first-order chi connectivity index (χ1) is 20.1. The highest BCUT2D eigenvalue weighted by molar-refractivity contribution is 9.10. The lowest BCUT2D eigenvalue weighted by Crippen LogP contribution is -2.28. The molecule has 1 N–H and O–H groups in total. The van der Waals surface area contributed by atoms with Crippen molar-refractivity contribution in [2.45, 2.75) is 52.3 Å². The van der Waals surface area contributed by atoms with Crippen LogP contribution in [0.4, 0.5) is 0 Å². The SMILES string of the molecule is CCC(NC(=O)c1ccc2c(c1)c(Br)nn2Cc1ccc(-c2ccccc2C(=O)OC(C)(C)C)cc1)c1ccccc1. The predicted molar refractivity (Wildman–Crippen MR) is 171 cm³/mol. The Morgan fingerprint density at radius 1 is 0.929 bits per heavy atom. The molecular weight excluding hydrogens is 590 g/mol. The van der Waals surface area contributed by atoms with Crippen molar-refractivity contribution in [3.05, 3.63) is 124 Å². The second-order valence-corrected chi connectivity index (χ2v) is 12.0. The Kier molecular flexibility index (Phi) is 8.59. The summed E-state index contributed by atoms with van der Waals surface area (Å²) in [6.45, 7) is 8.20. The number of aromatic nitrogens is 2. The lowest BCUT2D eigenvalue weighted by molar-refractivity contribution is 0.00703. The molecule has 6 nitrogen and oxygen atoms in total. The topological polar surface area (TPSA) is 73.2 Å². The second-order valence-electron chi connectivity index (χ2n) is 11.3. The largest absolute Gasteiger partial charge is 0.456 e. The van der Waals surface area contributed by atoms with Crippen molar-refractivity contribution < 1.29 is 14.3 Å². The van der Waals surface area contributed by atoms with Crippen LogP contribution < -0.4 is 5.32 Å². The van der Waals surface area contributed by atoms with Gasteiger partial charge in [-0.05, 0) is 89.6 Å². The van der Waals surface area contributed by atoms with Crippen LogP contribution in [0.25, 0.3) is 22.0 Å². The third kappa shape index (κ3) is 6.63. The number of amides is 1. The maximum atomic E-state index is 13.1. The fourth-order valence-electron chi connectivity index (χ4n) is 4.96. The summed E-state index contributed by atoms with van der Waals surface area (Å²) in [6, 6.07) is 31.2. The third-order valence-corrected chi connectivity index (χ3v) is 7.61. The van der Waals surface area contributed by atoms with E-state index >= 15 is 0 Å². The number of hydrogen-bond donors (Lipinski definition) is 1. The van der Waals surface area contributed by atoms with Gasteiger partial charge in [0.2, 0.25) is 0 Å². The maximum Gasteiger partial charge on any atom is 0.339 e. The summed E-state index contributed by atoms with van der Waals surface area (Å²) in [7, 11) is 0. The standard InChI is InChI=1S/C35H34BrN3O3/c1-5-30(25-11-7-6-8-12-25)37-33(40)26-19-20-31-29(21-26)32(36)38-39(31)22-23-15-17-24(18-16-23)27-13-9-10-14-28(27)34(41)42-35(2,3)4/h6-21,30H,5,22H2,1-4H3,(H,37,40). The molecule has 1 amide bonds. The lowest BCUT2D eigenvalue weighted by Gasteiger charge is -2.20. The second kappa shape index (κ2) is 12.3. The molecule has 1 atom stereocenters. The number of esters is 1. The van der Waals surface area contributed by atoms with Crippen LogP contribution in [0.2, 0.25) is 0 Å². The van der Waals surface area contributed by atoms with Gasteiger partial charge in [0, 0.05) is 10.9 Å². The summed E-state index contributed by atoms with van der Waals surface area (Å²) in [6.07, 6.45) is 0.797. The molecule has 0 fully saturated rings. The first kappa shape index (κ1) is 29.3. The highest BCUT2D eigenvalue weighted by Crippen LogP contribution is 2.28. The Balaban J connectivity index is 1.34. The summed E-state index contributed by atoms with van der Waals surface area (Å²) in [5, 5.41) is 8.74. The fraction of sp³-hybridized carbons (Fsp3) is 0.229. The summed E-state index contributed by atoms with van der Waals surface area (Å²) < 4.78 is 8.23. The molecule has 0 spiro atoms. The van der Waals surface area contributed by atoms with Crippen LogP contribution in [0.3, 0.4) is 0 Å². The molecule has 214 valence electrons. The van der Waals surface area contributed by atoms with Crippen molar-refractivity contribution in [1.29, 1.82) is 0 Å². The summed E-state index contributed by atoms with van der Waals surface area (Å²) in [5.74, 6) is -0.456. The molecule has 0 aliphatic carbocycles. The monoisotopic (exact) mass is 623 g/mol. The van der Waals surface area contributed by atoms with Gasteiger partial charge in [-0.3, -0.25) is 9.48 Å². The van der Waals surface area contributed by atoms with E-state index in [0.29, 0.717) is 22.3 Å².